The number of aromatic nitrogens is 1. The second-order valence-electron chi connectivity index (χ2n) is 11.5. The van der Waals surface area contributed by atoms with Gasteiger partial charge in [-0.15, -0.1) is 0 Å². The fourth-order valence-corrected chi connectivity index (χ4v) is 5.26. The van der Waals surface area contributed by atoms with Crippen molar-refractivity contribution >= 4 is 28.9 Å². The number of halogens is 1. The SMILES string of the molecule is CC1CN(c2cc(NC(=O)c3ccc(NC(C)(C)CO)nc3N3CCC4(CC3)CC4)ccc2F)CCO1. The number of piperidine rings is 1. The van der Waals surface area contributed by atoms with E-state index in [9.17, 15) is 14.3 Å². The summed E-state index contributed by atoms with van der Waals surface area (Å²) < 4.78 is 20.3. The number of benzene rings is 1. The number of amides is 1. The first kappa shape index (κ1) is 25.7. The quantitative estimate of drug-likeness (QED) is 0.512. The van der Waals surface area contributed by atoms with Crippen LogP contribution in [0.25, 0.3) is 0 Å². The molecule has 2 aliphatic heterocycles. The van der Waals surface area contributed by atoms with Crippen LogP contribution in [0.4, 0.5) is 27.4 Å². The van der Waals surface area contributed by atoms with Gasteiger partial charge in [0.25, 0.3) is 5.91 Å². The van der Waals surface area contributed by atoms with Crippen LogP contribution in [0.3, 0.4) is 0 Å². The number of anilines is 4. The molecular formula is C28H38FN5O3. The Bertz CT molecular complexity index is 1140. The molecule has 8 nitrogen and oxygen atoms in total. The summed E-state index contributed by atoms with van der Waals surface area (Å²) in [5.41, 5.74) is 1.42. The van der Waals surface area contributed by atoms with E-state index in [2.05, 4.69) is 15.5 Å². The molecule has 1 unspecified atom stereocenters. The largest absolute Gasteiger partial charge is 0.394 e. The van der Waals surface area contributed by atoms with E-state index in [1.54, 1.807) is 24.3 Å². The number of pyridine rings is 1. The molecule has 5 rings (SSSR count). The molecule has 3 fully saturated rings. The topological polar surface area (TPSA) is 90.0 Å². The number of nitrogens with zero attached hydrogens (tertiary/aromatic N) is 3. The predicted octanol–water partition coefficient (Wildman–Crippen LogP) is 4.26. The number of carbonyl (C=O) groups is 1. The monoisotopic (exact) mass is 511 g/mol. The highest BCUT2D eigenvalue weighted by Crippen LogP contribution is 2.54. The van der Waals surface area contributed by atoms with Gasteiger partial charge in [-0.25, -0.2) is 9.37 Å². The summed E-state index contributed by atoms with van der Waals surface area (Å²) in [5, 5.41) is 15.9. The Balaban J connectivity index is 1.39. The molecule has 1 saturated carbocycles. The van der Waals surface area contributed by atoms with Gasteiger partial charge >= 0.3 is 0 Å². The minimum atomic E-state index is -0.546. The van der Waals surface area contributed by atoms with E-state index in [1.807, 2.05) is 25.7 Å². The van der Waals surface area contributed by atoms with E-state index < -0.39 is 5.54 Å². The van der Waals surface area contributed by atoms with Crippen molar-refractivity contribution in [1.29, 1.82) is 0 Å². The van der Waals surface area contributed by atoms with Gasteiger partial charge in [0.05, 0.1) is 36.1 Å². The lowest BCUT2D eigenvalue weighted by Crippen LogP contribution is -2.41. The van der Waals surface area contributed by atoms with Crippen LogP contribution in [0.5, 0.6) is 0 Å². The maximum absolute atomic E-state index is 14.7. The van der Waals surface area contributed by atoms with Crippen molar-refractivity contribution in [3.05, 3.63) is 41.7 Å². The molecule has 1 amide bonds. The molecule has 1 aliphatic carbocycles. The van der Waals surface area contributed by atoms with Gasteiger partial charge < -0.3 is 30.3 Å². The van der Waals surface area contributed by atoms with Crippen LogP contribution >= 0.6 is 0 Å². The zero-order valence-corrected chi connectivity index (χ0v) is 22.0. The van der Waals surface area contributed by atoms with E-state index >= 15 is 0 Å². The minimum absolute atomic E-state index is 0.0160. The molecule has 37 heavy (non-hydrogen) atoms. The van der Waals surface area contributed by atoms with Gasteiger partial charge in [-0.2, -0.15) is 0 Å². The Morgan fingerprint density at radius 2 is 1.92 bits per heavy atom. The van der Waals surface area contributed by atoms with Gasteiger partial charge in [0.2, 0.25) is 0 Å². The molecular weight excluding hydrogens is 473 g/mol. The molecule has 1 aromatic carbocycles. The first-order chi connectivity index (χ1) is 17.7. The van der Waals surface area contributed by atoms with Gasteiger partial charge in [-0.05, 0) is 82.2 Å². The summed E-state index contributed by atoms with van der Waals surface area (Å²) in [6.07, 6.45) is 4.82. The van der Waals surface area contributed by atoms with Crippen molar-refractivity contribution in [2.75, 3.05) is 59.8 Å². The highest BCUT2D eigenvalue weighted by Gasteiger charge is 2.45. The van der Waals surface area contributed by atoms with E-state index in [0.717, 1.165) is 25.9 Å². The van der Waals surface area contributed by atoms with Crippen molar-refractivity contribution < 1.29 is 19.0 Å². The first-order valence-electron chi connectivity index (χ1n) is 13.3. The molecule has 0 radical (unpaired) electrons. The molecule has 1 atom stereocenters. The van der Waals surface area contributed by atoms with Crippen LogP contribution in [-0.4, -0.2) is 67.0 Å². The lowest BCUT2D eigenvalue weighted by Gasteiger charge is -2.34. The number of aliphatic hydroxyl groups excluding tert-OH is 1. The Labute approximate surface area is 218 Å². The average Bonchev–Trinajstić information content (AvgIpc) is 3.64. The van der Waals surface area contributed by atoms with Crippen LogP contribution in [0, 0.1) is 11.2 Å². The third-order valence-corrected chi connectivity index (χ3v) is 7.85. The zero-order chi connectivity index (χ0) is 26.2. The van der Waals surface area contributed by atoms with E-state index in [0.29, 0.717) is 53.7 Å². The number of hydrogen-bond acceptors (Lipinski definition) is 7. The average molecular weight is 512 g/mol. The van der Waals surface area contributed by atoms with Crippen LogP contribution in [0.2, 0.25) is 0 Å². The minimum Gasteiger partial charge on any atom is -0.394 e. The fraction of sp³-hybridized carbons (Fsp3) is 0.571. The van der Waals surface area contributed by atoms with E-state index in [4.69, 9.17) is 9.72 Å². The lowest BCUT2D eigenvalue weighted by atomic mass is 9.93. The Morgan fingerprint density at radius 3 is 2.59 bits per heavy atom. The Morgan fingerprint density at radius 1 is 1.16 bits per heavy atom. The maximum Gasteiger partial charge on any atom is 0.259 e. The van der Waals surface area contributed by atoms with Crippen LogP contribution in [0.1, 0.15) is 56.8 Å². The van der Waals surface area contributed by atoms with E-state index in [1.165, 1.54) is 18.9 Å². The van der Waals surface area contributed by atoms with Crippen molar-refractivity contribution in [3.63, 3.8) is 0 Å². The molecule has 9 heteroatoms. The molecule has 2 aromatic rings. The third-order valence-electron chi connectivity index (χ3n) is 7.85. The lowest BCUT2D eigenvalue weighted by molar-refractivity contribution is 0.0530. The highest BCUT2D eigenvalue weighted by atomic mass is 19.1. The number of nitrogens with one attached hydrogen (secondary N) is 2. The molecule has 200 valence electrons. The number of rotatable bonds is 7. The molecule has 1 aromatic heterocycles. The van der Waals surface area contributed by atoms with Gasteiger partial charge in [0.15, 0.2) is 0 Å². The number of aliphatic hydroxyl groups is 1. The maximum atomic E-state index is 14.7. The second-order valence-corrected chi connectivity index (χ2v) is 11.5. The second kappa shape index (κ2) is 10.1. The molecule has 0 bridgehead atoms. The normalized spacial score (nSPS) is 21.2. The summed E-state index contributed by atoms with van der Waals surface area (Å²) in [5.74, 6) is 0.646. The molecule has 3 N–H and O–H groups in total. The summed E-state index contributed by atoms with van der Waals surface area (Å²) in [7, 11) is 0. The number of hydrogen-bond donors (Lipinski definition) is 3. The van der Waals surface area contributed by atoms with Crippen LogP contribution in [0.15, 0.2) is 30.3 Å². The van der Waals surface area contributed by atoms with Crippen molar-refractivity contribution in [2.45, 2.75) is 58.1 Å². The van der Waals surface area contributed by atoms with E-state index in [-0.39, 0.29) is 24.4 Å². The zero-order valence-electron chi connectivity index (χ0n) is 22.0. The Hall–Kier alpha value is -2.91. The van der Waals surface area contributed by atoms with Gasteiger partial charge in [0.1, 0.15) is 17.5 Å². The third kappa shape index (κ3) is 5.83. The number of morpholine rings is 1. The van der Waals surface area contributed by atoms with Gasteiger partial charge in [-0.1, -0.05) is 0 Å². The standard InChI is InChI=1S/C28H38FN5O3/c1-19-17-34(14-15-37-19)23-16-20(4-6-22(23)29)30-26(36)21-5-7-24(32-27(2,3)18-35)31-25(21)33-12-10-28(8-9-28)11-13-33/h4-7,16,19,35H,8-15,17-18H2,1-3H3,(H,30,36)(H,31,32). The van der Waals surface area contributed by atoms with Crippen LogP contribution in [-0.2, 0) is 4.74 Å². The van der Waals surface area contributed by atoms with Gasteiger partial charge in [0, 0.05) is 31.9 Å². The smallest absolute Gasteiger partial charge is 0.259 e. The van der Waals surface area contributed by atoms with Crippen LogP contribution < -0.4 is 20.4 Å². The predicted molar refractivity (Wildman–Crippen MR) is 144 cm³/mol. The van der Waals surface area contributed by atoms with Crippen molar-refractivity contribution in [3.8, 4) is 0 Å². The van der Waals surface area contributed by atoms with Gasteiger partial charge in [-0.3, -0.25) is 4.79 Å². The number of carbonyl (C=O) groups excluding carboxylic acids is 1. The molecule has 3 heterocycles. The molecule has 3 aliphatic rings. The molecule has 2 saturated heterocycles. The molecule has 1 spiro atoms. The summed E-state index contributed by atoms with van der Waals surface area (Å²) in [6.45, 7) is 9.16. The Kier molecular flexibility index (Phi) is 7.02. The summed E-state index contributed by atoms with van der Waals surface area (Å²) in [4.78, 5) is 22.5. The van der Waals surface area contributed by atoms with Crippen molar-refractivity contribution in [2.24, 2.45) is 5.41 Å². The summed E-state index contributed by atoms with van der Waals surface area (Å²) >= 11 is 0. The highest BCUT2D eigenvalue weighted by molar-refractivity contribution is 6.08. The summed E-state index contributed by atoms with van der Waals surface area (Å²) in [6, 6.07) is 8.23. The fourth-order valence-electron chi connectivity index (χ4n) is 5.26. The number of ether oxygens (including phenoxy) is 1. The van der Waals surface area contributed by atoms with Crippen molar-refractivity contribution in [1.82, 2.24) is 4.98 Å². The first-order valence-corrected chi connectivity index (χ1v) is 13.3.